The quantitative estimate of drug-likeness (QED) is 0.749. The van der Waals surface area contributed by atoms with E-state index in [2.05, 4.69) is 31.7 Å². The van der Waals surface area contributed by atoms with Crippen LogP contribution in [0.15, 0.2) is 18.2 Å². The fourth-order valence-corrected chi connectivity index (χ4v) is 3.40. The third kappa shape index (κ3) is 4.96. The van der Waals surface area contributed by atoms with Crippen molar-refractivity contribution >= 4 is 5.78 Å². The number of ketones is 1. The number of Topliss-reactive ketones (excluding diaryl/α,β-unsaturated/α-hetero) is 1. The molecule has 1 aliphatic heterocycles. The van der Waals surface area contributed by atoms with E-state index in [1.54, 1.807) is 0 Å². The SMILES string of the molecule is CCC1CCCN(CCC(=O)c2cc(C)cc(C)c2)CC1. The molecule has 1 atom stereocenters. The Balaban J connectivity index is 1.86. The van der Waals surface area contributed by atoms with Crippen LogP contribution in [-0.4, -0.2) is 30.3 Å². The summed E-state index contributed by atoms with van der Waals surface area (Å²) >= 11 is 0. The highest BCUT2D eigenvalue weighted by Crippen LogP contribution is 2.20. The summed E-state index contributed by atoms with van der Waals surface area (Å²) in [6, 6.07) is 6.16. The van der Waals surface area contributed by atoms with Crippen LogP contribution >= 0.6 is 0 Å². The van der Waals surface area contributed by atoms with Crippen molar-refractivity contribution in [1.29, 1.82) is 0 Å². The van der Waals surface area contributed by atoms with Gasteiger partial charge in [-0.05, 0) is 64.3 Å². The smallest absolute Gasteiger partial charge is 0.164 e. The maximum Gasteiger partial charge on any atom is 0.164 e. The van der Waals surface area contributed by atoms with Crippen molar-refractivity contribution in [2.75, 3.05) is 19.6 Å². The molecule has 0 aliphatic carbocycles. The van der Waals surface area contributed by atoms with E-state index in [-0.39, 0.29) is 5.78 Å². The summed E-state index contributed by atoms with van der Waals surface area (Å²) in [5.74, 6) is 1.18. The van der Waals surface area contributed by atoms with Crippen LogP contribution < -0.4 is 0 Å². The Morgan fingerprint density at radius 3 is 2.52 bits per heavy atom. The van der Waals surface area contributed by atoms with Crippen LogP contribution in [-0.2, 0) is 0 Å². The van der Waals surface area contributed by atoms with E-state index in [9.17, 15) is 4.79 Å². The molecule has 21 heavy (non-hydrogen) atoms. The molecule has 2 rings (SSSR count). The average Bonchev–Trinajstić information content (AvgIpc) is 2.68. The Morgan fingerprint density at radius 1 is 1.14 bits per heavy atom. The average molecular weight is 287 g/mol. The molecule has 0 spiro atoms. The minimum Gasteiger partial charge on any atom is -0.303 e. The van der Waals surface area contributed by atoms with Crippen LogP contribution in [0, 0.1) is 19.8 Å². The molecule has 0 saturated carbocycles. The lowest BCUT2D eigenvalue weighted by atomic mass is 9.98. The molecule has 0 N–H and O–H groups in total. The van der Waals surface area contributed by atoms with Gasteiger partial charge in [-0.2, -0.15) is 0 Å². The van der Waals surface area contributed by atoms with E-state index in [0.717, 1.165) is 24.6 Å². The van der Waals surface area contributed by atoms with Crippen molar-refractivity contribution in [3.8, 4) is 0 Å². The van der Waals surface area contributed by atoms with E-state index < -0.39 is 0 Å². The number of rotatable bonds is 5. The number of hydrogen-bond donors (Lipinski definition) is 0. The lowest BCUT2D eigenvalue weighted by Crippen LogP contribution is -2.27. The molecule has 1 aliphatic rings. The zero-order valence-electron chi connectivity index (χ0n) is 13.8. The van der Waals surface area contributed by atoms with Crippen LogP contribution in [0.1, 0.15) is 60.5 Å². The molecular weight excluding hydrogens is 258 g/mol. The zero-order chi connectivity index (χ0) is 15.2. The first kappa shape index (κ1) is 16.2. The normalized spacial score (nSPS) is 20.2. The molecule has 0 bridgehead atoms. The molecule has 1 heterocycles. The molecular formula is C19H29NO. The second kappa shape index (κ2) is 7.74. The van der Waals surface area contributed by atoms with Gasteiger partial charge in [-0.25, -0.2) is 0 Å². The molecule has 0 radical (unpaired) electrons. The zero-order valence-corrected chi connectivity index (χ0v) is 13.8. The highest BCUT2D eigenvalue weighted by Gasteiger charge is 2.16. The first-order chi connectivity index (χ1) is 10.1. The maximum absolute atomic E-state index is 12.4. The van der Waals surface area contributed by atoms with Gasteiger partial charge in [0.1, 0.15) is 0 Å². The molecule has 1 fully saturated rings. The number of carbonyl (C=O) groups is 1. The molecule has 1 aromatic rings. The molecule has 2 heteroatoms. The van der Waals surface area contributed by atoms with Crippen LogP contribution in [0.25, 0.3) is 0 Å². The Kier molecular flexibility index (Phi) is 5.98. The van der Waals surface area contributed by atoms with Gasteiger partial charge in [0.2, 0.25) is 0 Å². The first-order valence-corrected chi connectivity index (χ1v) is 8.42. The maximum atomic E-state index is 12.4. The van der Waals surface area contributed by atoms with Crippen molar-refractivity contribution in [3.05, 3.63) is 34.9 Å². The molecule has 1 aromatic carbocycles. The summed E-state index contributed by atoms with van der Waals surface area (Å²) in [6.07, 6.45) is 5.90. The minimum atomic E-state index is 0.290. The Labute approximate surface area is 129 Å². The first-order valence-electron chi connectivity index (χ1n) is 8.42. The summed E-state index contributed by atoms with van der Waals surface area (Å²) in [5.41, 5.74) is 3.24. The highest BCUT2D eigenvalue weighted by atomic mass is 16.1. The van der Waals surface area contributed by atoms with E-state index in [4.69, 9.17) is 0 Å². The van der Waals surface area contributed by atoms with Gasteiger partial charge in [0.15, 0.2) is 5.78 Å². The number of nitrogens with zero attached hydrogens (tertiary/aromatic N) is 1. The molecule has 2 nitrogen and oxygen atoms in total. The largest absolute Gasteiger partial charge is 0.303 e. The number of benzene rings is 1. The van der Waals surface area contributed by atoms with Gasteiger partial charge in [-0.1, -0.05) is 30.5 Å². The fraction of sp³-hybridized carbons (Fsp3) is 0.632. The molecule has 1 unspecified atom stereocenters. The third-order valence-electron chi connectivity index (χ3n) is 4.72. The van der Waals surface area contributed by atoms with Gasteiger partial charge in [0, 0.05) is 18.5 Å². The van der Waals surface area contributed by atoms with Crippen LogP contribution in [0.5, 0.6) is 0 Å². The monoisotopic (exact) mass is 287 g/mol. The van der Waals surface area contributed by atoms with Gasteiger partial charge in [-0.3, -0.25) is 4.79 Å². The Hall–Kier alpha value is -1.15. The third-order valence-corrected chi connectivity index (χ3v) is 4.72. The predicted octanol–water partition coefficient (Wildman–Crippen LogP) is 4.39. The summed E-state index contributed by atoms with van der Waals surface area (Å²) in [5, 5.41) is 0. The van der Waals surface area contributed by atoms with Gasteiger partial charge >= 0.3 is 0 Å². The van der Waals surface area contributed by atoms with E-state index in [1.807, 2.05) is 12.1 Å². The summed E-state index contributed by atoms with van der Waals surface area (Å²) < 4.78 is 0. The minimum absolute atomic E-state index is 0.290. The van der Waals surface area contributed by atoms with Crippen LogP contribution in [0.4, 0.5) is 0 Å². The van der Waals surface area contributed by atoms with Gasteiger partial charge < -0.3 is 4.90 Å². The highest BCUT2D eigenvalue weighted by molar-refractivity contribution is 5.96. The second-order valence-corrected chi connectivity index (χ2v) is 6.60. The molecule has 0 aromatic heterocycles. The van der Waals surface area contributed by atoms with Gasteiger partial charge in [0.05, 0.1) is 0 Å². The van der Waals surface area contributed by atoms with Gasteiger partial charge in [-0.15, -0.1) is 0 Å². The van der Waals surface area contributed by atoms with Gasteiger partial charge in [0.25, 0.3) is 0 Å². The summed E-state index contributed by atoms with van der Waals surface area (Å²) in [4.78, 5) is 14.9. The standard InChI is InChI=1S/C19H29NO/c1-4-17-6-5-9-20(10-7-17)11-8-19(21)18-13-15(2)12-16(3)14-18/h12-14,17H,4-11H2,1-3H3. The second-order valence-electron chi connectivity index (χ2n) is 6.60. The van der Waals surface area contributed by atoms with Crippen molar-refractivity contribution in [2.45, 2.75) is 52.9 Å². The van der Waals surface area contributed by atoms with Crippen molar-refractivity contribution in [3.63, 3.8) is 0 Å². The summed E-state index contributed by atoms with van der Waals surface area (Å²) in [7, 11) is 0. The Bertz CT molecular complexity index is 460. The summed E-state index contributed by atoms with van der Waals surface area (Å²) in [6.45, 7) is 9.66. The van der Waals surface area contributed by atoms with E-state index in [1.165, 1.54) is 43.4 Å². The molecule has 1 saturated heterocycles. The number of hydrogen-bond acceptors (Lipinski definition) is 2. The van der Waals surface area contributed by atoms with Crippen molar-refractivity contribution in [1.82, 2.24) is 4.90 Å². The van der Waals surface area contributed by atoms with E-state index in [0.29, 0.717) is 6.42 Å². The van der Waals surface area contributed by atoms with Crippen LogP contribution in [0.3, 0.4) is 0 Å². The lowest BCUT2D eigenvalue weighted by Gasteiger charge is -2.19. The van der Waals surface area contributed by atoms with Crippen LogP contribution in [0.2, 0.25) is 0 Å². The predicted molar refractivity (Wildman–Crippen MR) is 88.9 cm³/mol. The fourth-order valence-electron chi connectivity index (χ4n) is 3.40. The lowest BCUT2D eigenvalue weighted by molar-refractivity contribution is 0.0964. The van der Waals surface area contributed by atoms with Crippen molar-refractivity contribution < 1.29 is 4.79 Å². The van der Waals surface area contributed by atoms with Crippen molar-refractivity contribution in [2.24, 2.45) is 5.92 Å². The Morgan fingerprint density at radius 2 is 1.86 bits per heavy atom. The number of carbonyl (C=O) groups excluding carboxylic acids is 1. The topological polar surface area (TPSA) is 20.3 Å². The molecule has 0 amide bonds. The van der Waals surface area contributed by atoms with E-state index >= 15 is 0 Å². The number of aryl methyl sites for hydroxylation is 2. The molecule has 116 valence electrons. The number of likely N-dealkylation sites (tertiary alicyclic amines) is 1.